The van der Waals surface area contributed by atoms with Crippen molar-refractivity contribution in [3.63, 3.8) is 0 Å². The maximum absolute atomic E-state index is 13.3. The van der Waals surface area contributed by atoms with Crippen LogP contribution >= 0.6 is 0 Å². The minimum absolute atomic E-state index is 0.235. The Labute approximate surface area is 181 Å². The molecule has 0 aliphatic rings. The van der Waals surface area contributed by atoms with Gasteiger partial charge in [0.25, 0.3) is 0 Å². The molecule has 1 aromatic heterocycles. The number of sulfonamides is 1. The van der Waals surface area contributed by atoms with E-state index in [1.807, 2.05) is 24.3 Å². The number of anilines is 2. The lowest BCUT2D eigenvalue weighted by molar-refractivity contribution is -0.117. The van der Waals surface area contributed by atoms with Crippen LogP contribution in [0.2, 0.25) is 0 Å². The summed E-state index contributed by atoms with van der Waals surface area (Å²) in [5.74, 6) is -0.944. The Morgan fingerprint density at radius 1 is 1.00 bits per heavy atom. The molecule has 1 atom stereocenters. The van der Waals surface area contributed by atoms with Gasteiger partial charge in [-0.25, -0.2) is 12.8 Å². The molecule has 0 spiro atoms. The molecular weight excluding hydrogens is 417 g/mol. The van der Waals surface area contributed by atoms with E-state index >= 15 is 0 Å². The summed E-state index contributed by atoms with van der Waals surface area (Å²) in [5, 5.41) is 2.79. The van der Waals surface area contributed by atoms with Crippen molar-refractivity contribution in [3.8, 4) is 0 Å². The average molecular weight is 442 g/mol. The van der Waals surface area contributed by atoms with E-state index in [-0.39, 0.29) is 12.1 Å². The Hall–Kier alpha value is -3.26. The topological polar surface area (TPSA) is 79.4 Å². The lowest BCUT2D eigenvalue weighted by Crippen LogP contribution is -2.47. The monoisotopic (exact) mass is 441 g/mol. The van der Waals surface area contributed by atoms with Gasteiger partial charge in [-0.2, -0.15) is 0 Å². The third-order valence-electron chi connectivity index (χ3n) is 4.79. The number of pyridine rings is 1. The molecule has 8 heteroatoms. The predicted octanol–water partition coefficient (Wildman–Crippen LogP) is 3.99. The molecule has 3 aromatic rings. The van der Waals surface area contributed by atoms with Crippen LogP contribution in [0.15, 0.2) is 73.1 Å². The van der Waals surface area contributed by atoms with Crippen LogP contribution in [0.3, 0.4) is 0 Å². The van der Waals surface area contributed by atoms with E-state index in [2.05, 4.69) is 10.3 Å². The van der Waals surface area contributed by atoms with E-state index in [0.717, 1.165) is 28.1 Å². The second-order valence-corrected chi connectivity index (χ2v) is 9.04. The van der Waals surface area contributed by atoms with Gasteiger partial charge in [-0.15, -0.1) is 0 Å². The Morgan fingerprint density at radius 3 is 2.13 bits per heavy atom. The maximum Gasteiger partial charge on any atom is 0.248 e. The van der Waals surface area contributed by atoms with Gasteiger partial charge < -0.3 is 5.32 Å². The van der Waals surface area contributed by atoms with Gasteiger partial charge in [-0.3, -0.25) is 14.1 Å². The molecule has 1 heterocycles. The van der Waals surface area contributed by atoms with Gasteiger partial charge in [0.15, 0.2) is 0 Å². The first-order chi connectivity index (χ1) is 14.8. The molecule has 1 N–H and O–H groups in total. The van der Waals surface area contributed by atoms with E-state index in [0.29, 0.717) is 5.69 Å². The molecular formula is C23H24FN3O3S. The van der Waals surface area contributed by atoms with Crippen molar-refractivity contribution in [2.24, 2.45) is 0 Å². The first-order valence-corrected chi connectivity index (χ1v) is 11.7. The highest BCUT2D eigenvalue weighted by atomic mass is 32.2. The summed E-state index contributed by atoms with van der Waals surface area (Å²) in [6.45, 7) is 1.73. The fraction of sp³-hybridized carbons (Fsp3) is 0.217. The standard InChI is InChI=1S/C23H24FN3O3S/c1-3-22(27(31(2,29)30)21-10-6-19(24)7-11-21)23(28)26-20-8-4-17(5-9-20)16-18-12-14-25-15-13-18/h4-15,22H,3,16H2,1-2H3,(H,26,28)/t22-/m1/s1. The van der Waals surface area contributed by atoms with E-state index < -0.39 is 27.8 Å². The number of benzene rings is 2. The fourth-order valence-electron chi connectivity index (χ4n) is 3.32. The molecule has 0 aliphatic heterocycles. The second kappa shape index (κ2) is 9.70. The van der Waals surface area contributed by atoms with E-state index in [1.165, 1.54) is 24.3 Å². The van der Waals surface area contributed by atoms with Crippen molar-refractivity contribution >= 4 is 27.3 Å². The fourth-order valence-corrected chi connectivity index (χ4v) is 4.53. The molecule has 0 unspecified atom stereocenters. The van der Waals surface area contributed by atoms with Crippen LogP contribution < -0.4 is 9.62 Å². The van der Waals surface area contributed by atoms with Gasteiger partial charge in [-0.1, -0.05) is 19.1 Å². The summed E-state index contributed by atoms with van der Waals surface area (Å²) in [5.41, 5.74) is 2.99. The van der Waals surface area contributed by atoms with E-state index in [4.69, 9.17) is 0 Å². The van der Waals surface area contributed by atoms with E-state index in [1.54, 1.807) is 31.5 Å². The van der Waals surface area contributed by atoms with Crippen molar-refractivity contribution < 1.29 is 17.6 Å². The number of aromatic nitrogens is 1. The number of nitrogens with zero attached hydrogens (tertiary/aromatic N) is 2. The average Bonchev–Trinajstić information content (AvgIpc) is 2.74. The first kappa shape index (κ1) is 22.4. The molecule has 162 valence electrons. The summed E-state index contributed by atoms with van der Waals surface area (Å²) in [6, 6.07) is 15.3. The van der Waals surface area contributed by atoms with Crippen molar-refractivity contribution in [1.82, 2.24) is 4.98 Å². The zero-order chi connectivity index (χ0) is 22.4. The smallest absolute Gasteiger partial charge is 0.248 e. The molecule has 0 saturated carbocycles. The summed E-state index contributed by atoms with van der Waals surface area (Å²) >= 11 is 0. The van der Waals surface area contributed by atoms with Gasteiger partial charge in [0.2, 0.25) is 15.9 Å². The number of nitrogens with one attached hydrogen (secondary N) is 1. The highest BCUT2D eigenvalue weighted by Gasteiger charge is 2.31. The molecule has 31 heavy (non-hydrogen) atoms. The number of hydrogen-bond acceptors (Lipinski definition) is 4. The van der Waals surface area contributed by atoms with Gasteiger partial charge in [0.05, 0.1) is 11.9 Å². The van der Waals surface area contributed by atoms with Crippen LogP contribution in [0.5, 0.6) is 0 Å². The minimum atomic E-state index is -3.78. The van der Waals surface area contributed by atoms with Crippen molar-refractivity contribution in [3.05, 3.63) is 90.0 Å². The third-order valence-corrected chi connectivity index (χ3v) is 5.97. The first-order valence-electron chi connectivity index (χ1n) is 9.81. The maximum atomic E-state index is 13.3. The lowest BCUT2D eigenvalue weighted by Gasteiger charge is -2.30. The summed E-state index contributed by atoms with van der Waals surface area (Å²) in [6.07, 6.45) is 5.49. The Bertz CT molecular complexity index is 1120. The normalized spacial score (nSPS) is 12.2. The Morgan fingerprint density at radius 2 is 1.58 bits per heavy atom. The third kappa shape index (κ3) is 5.88. The molecule has 2 aromatic carbocycles. The Kier molecular flexibility index (Phi) is 7.02. The molecule has 1 amide bonds. The zero-order valence-electron chi connectivity index (χ0n) is 17.3. The van der Waals surface area contributed by atoms with Gasteiger partial charge in [0.1, 0.15) is 11.9 Å². The molecule has 6 nitrogen and oxygen atoms in total. The van der Waals surface area contributed by atoms with Gasteiger partial charge in [-0.05, 0) is 72.5 Å². The molecule has 0 radical (unpaired) electrons. The summed E-state index contributed by atoms with van der Waals surface area (Å²) in [4.78, 5) is 17.0. The van der Waals surface area contributed by atoms with Gasteiger partial charge in [0, 0.05) is 18.1 Å². The number of hydrogen-bond donors (Lipinski definition) is 1. The van der Waals surface area contributed by atoms with Crippen molar-refractivity contribution in [1.29, 1.82) is 0 Å². The van der Waals surface area contributed by atoms with Crippen LogP contribution in [-0.4, -0.2) is 31.6 Å². The van der Waals surface area contributed by atoms with Crippen LogP contribution in [0, 0.1) is 5.82 Å². The summed E-state index contributed by atoms with van der Waals surface area (Å²) in [7, 11) is -3.78. The second-order valence-electron chi connectivity index (χ2n) is 7.18. The number of halogens is 1. The molecule has 0 fully saturated rings. The zero-order valence-corrected chi connectivity index (χ0v) is 18.1. The Balaban J connectivity index is 1.77. The number of carbonyl (C=O) groups is 1. The molecule has 3 rings (SSSR count). The number of amides is 1. The largest absolute Gasteiger partial charge is 0.324 e. The van der Waals surface area contributed by atoms with Crippen LogP contribution in [0.4, 0.5) is 15.8 Å². The SMILES string of the molecule is CC[C@H](C(=O)Nc1ccc(Cc2ccncc2)cc1)N(c1ccc(F)cc1)S(C)(=O)=O. The van der Waals surface area contributed by atoms with Crippen LogP contribution in [0.25, 0.3) is 0 Å². The van der Waals surface area contributed by atoms with E-state index in [9.17, 15) is 17.6 Å². The van der Waals surface area contributed by atoms with Crippen LogP contribution in [-0.2, 0) is 21.2 Å². The highest BCUT2D eigenvalue weighted by Crippen LogP contribution is 2.24. The molecule has 0 bridgehead atoms. The highest BCUT2D eigenvalue weighted by molar-refractivity contribution is 7.92. The van der Waals surface area contributed by atoms with Crippen molar-refractivity contribution in [2.75, 3.05) is 15.9 Å². The quantitative estimate of drug-likeness (QED) is 0.573. The summed E-state index contributed by atoms with van der Waals surface area (Å²) < 4.78 is 39.2. The number of carbonyl (C=O) groups excluding carboxylic acids is 1. The molecule has 0 saturated heterocycles. The predicted molar refractivity (Wildman–Crippen MR) is 120 cm³/mol. The number of rotatable bonds is 8. The lowest BCUT2D eigenvalue weighted by atomic mass is 10.1. The van der Waals surface area contributed by atoms with Gasteiger partial charge >= 0.3 is 0 Å². The van der Waals surface area contributed by atoms with Crippen LogP contribution in [0.1, 0.15) is 24.5 Å². The molecule has 0 aliphatic carbocycles. The minimum Gasteiger partial charge on any atom is -0.324 e. The van der Waals surface area contributed by atoms with Crippen molar-refractivity contribution in [2.45, 2.75) is 25.8 Å².